The Kier molecular flexibility index (Phi) is 7.76. The summed E-state index contributed by atoms with van der Waals surface area (Å²) in [7, 11) is 0. The van der Waals surface area contributed by atoms with E-state index in [1.807, 2.05) is 4.90 Å². The van der Waals surface area contributed by atoms with Crippen LogP contribution in [0.3, 0.4) is 0 Å². The average Bonchev–Trinajstić information content (AvgIpc) is 2.45. The third kappa shape index (κ3) is 6.06. The minimum atomic E-state index is 0. The second kappa shape index (κ2) is 9.06. The topological polar surface area (TPSA) is 32.3 Å². The van der Waals surface area contributed by atoms with Crippen LogP contribution in [-0.4, -0.2) is 36.5 Å². The van der Waals surface area contributed by atoms with Crippen LogP contribution in [0, 0.1) is 6.92 Å². The second-order valence-corrected chi connectivity index (χ2v) is 5.89. The molecular weight excluding hydrogens is 284 g/mol. The van der Waals surface area contributed by atoms with Crippen molar-refractivity contribution in [2.75, 3.05) is 19.6 Å². The zero-order chi connectivity index (χ0) is 14.4. The van der Waals surface area contributed by atoms with E-state index in [1.54, 1.807) is 0 Å². The summed E-state index contributed by atoms with van der Waals surface area (Å²) >= 11 is 0. The fourth-order valence-electron chi connectivity index (χ4n) is 2.68. The summed E-state index contributed by atoms with van der Waals surface area (Å²) in [5.41, 5.74) is 2.68. The van der Waals surface area contributed by atoms with Crippen LogP contribution in [0.15, 0.2) is 24.3 Å². The Morgan fingerprint density at radius 1 is 1.29 bits per heavy atom. The molecule has 0 bridgehead atoms. The maximum atomic E-state index is 12.1. The lowest BCUT2D eigenvalue weighted by Crippen LogP contribution is -2.51. The quantitative estimate of drug-likeness (QED) is 0.848. The SMILES string of the molecule is Cc1ccc(CCCCC(=O)N2CCNC(C)C2)cc1.Cl. The van der Waals surface area contributed by atoms with E-state index in [-0.39, 0.29) is 12.4 Å². The number of hydrogen-bond donors (Lipinski definition) is 1. The van der Waals surface area contributed by atoms with Crippen LogP contribution in [0.4, 0.5) is 0 Å². The molecule has 1 heterocycles. The minimum absolute atomic E-state index is 0. The summed E-state index contributed by atoms with van der Waals surface area (Å²) < 4.78 is 0. The third-order valence-electron chi connectivity index (χ3n) is 3.95. The van der Waals surface area contributed by atoms with E-state index in [0.717, 1.165) is 38.9 Å². The molecule has 1 N–H and O–H groups in total. The van der Waals surface area contributed by atoms with Crippen molar-refractivity contribution in [2.24, 2.45) is 0 Å². The van der Waals surface area contributed by atoms with Gasteiger partial charge >= 0.3 is 0 Å². The van der Waals surface area contributed by atoms with Gasteiger partial charge in [-0.15, -0.1) is 12.4 Å². The molecule has 0 radical (unpaired) electrons. The Balaban J connectivity index is 0.00000220. The summed E-state index contributed by atoms with van der Waals surface area (Å²) in [6.07, 6.45) is 3.85. The molecule has 0 saturated carbocycles. The molecule has 0 aliphatic carbocycles. The minimum Gasteiger partial charge on any atom is -0.340 e. The molecular formula is C17H27ClN2O. The molecule has 1 aliphatic heterocycles. The van der Waals surface area contributed by atoms with Crippen LogP contribution in [0.5, 0.6) is 0 Å². The highest BCUT2D eigenvalue weighted by molar-refractivity contribution is 5.85. The van der Waals surface area contributed by atoms with Crippen LogP contribution < -0.4 is 5.32 Å². The summed E-state index contributed by atoms with van der Waals surface area (Å²) in [6, 6.07) is 9.12. The lowest BCUT2D eigenvalue weighted by Gasteiger charge is -2.32. The van der Waals surface area contributed by atoms with E-state index in [1.165, 1.54) is 11.1 Å². The first kappa shape index (κ1) is 18.0. The molecule has 0 spiro atoms. The van der Waals surface area contributed by atoms with E-state index >= 15 is 0 Å². The van der Waals surface area contributed by atoms with Gasteiger partial charge in [0.2, 0.25) is 5.91 Å². The van der Waals surface area contributed by atoms with Gasteiger partial charge in [0.05, 0.1) is 0 Å². The zero-order valence-electron chi connectivity index (χ0n) is 13.1. The number of piperazine rings is 1. The number of hydrogen-bond acceptors (Lipinski definition) is 2. The molecule has 1 fully saturated rings. The standard InChI is InChI=1S/C17H26N2O.ClH/c1-14-7-9-16(10-8-14)5-3-4-6-17(20)19-12-11-18-15(2)13-19;/h7-10,15,18H,3-6,11-13H2,1-2H3;1H. The molecule has 1 unspecified atom stereocenters. The van der Waals surface area contributed by atoms with E-state index in [4.69, 9.17) is 0 Å². The molecule has 1 amide bonds. The van der Waals surface area contributed by atoms with Crippen molar-refractivity contribution in [1.82, 2.24) is 10.2 Å². The fraction of sp³-hybridized carbons (Fsp3) is 0.588. The first-order valence-corrected chi connectivity index (χ1v) is 7.72. The summed E-state index contributed by atoms with van der Waals surface area (Å²) in [5, 5.41) is 3.37. The molecule has 0 aromatic heterocycles. The van der Waals surface area contributed by atoms with Crippen molar-refractivity contribution < 1.29 is 4.79 Å². The molecule has 1 aliphatic rings. The van der Waals surface area contributed by atoms with Gasteiger partial charge in [-0.25, -0.2) is 0 Å². The van der Waals surface area contributed by atoms with Crippen molar-refractivity contribution in [1.29, 1.82) is 0 Å². The zero-order valence-corrected chi connectivity index (χ0v) is 13.9. The van der Waals surface area contributed by atoms with Crippen molar-refractivity contribution in [3.8, 4) is 0 Å². The van der Waals surface area contributed by atoms with Crippen LogP contribution in [0.2, 0.25) is 0 Å². The van der Waals surface area contributed by atoms with Gasteiger partial charge in [-0.3, -0.25) is 4.79 Å². The van der Waals surface area contributed by atoms with Crippen molar-refractivity contribution >= 4 is 18.3 Å². The highest BCUT2D eigenvalue weighted by atomic mass is 35.5. The monoisotopic (exact) mass is 310 g/mol. The summed E-state index contributed by atoms with van der Waals surface area (Å²) in [6.45, 7) is 6.89. The van der Waals surface area contributed by atoms with Gasteiger partial charge in [-0.05, 0) is 38.7 Å². The van der Waals surface area contributed by atoms with Gasteiger partial charge in [0, 0.05) is 32.1 Å². The number of halogens is 1. The van der Waals surface area contributed by atoms with Gasteiger partial charge in [-0.1, -0.05) is 29.8 Å². The number of carbonyl (C=O) groups is 1. The van der Waals surface area contributed by atoms with Crippen LogP contribution in [0.1, 0.15) is 37.3 Å². The molecule has 21 heavy (non-hydrogen) atoms. The van der Waals surface area contributed by atoms with Crippen molar-refractivity contribution in [2.45, 2.75) is 45.6 Å². The van der Waals surface area contributed by atoms with E-state index in [9.17, 15) is 4.79 Å². The number of carbonyl (C=O) groups excluding carboxylic acids is 1. The Morgan fingerprint density at radius 3 is 2.67 bits per heavy atom. The number of unbranched alkanes of at least 4 members (excludes halogenated alkanes) is 1. The van der Waals surface area contributed by atoms with Gasteiger partial charge < -0.3 is 10.2 Å². The fourth-order valence-corrected chi connectivity index (χ4v) is 2.68. The largest absolute Gasteiger partial charge is 0.340 e. The lowest BCUT2D eigenvalue weighted by atomic mass is 10.1. The Hall–Kier alpha value is -1.06. The first-order valence-electron chi connectivity index (χ1n) is 7.72. The Bertz CT molecular complexity index is 433. The normalized spacial score (nSPS) is 18.2. The van der Waals surface area contributed by atoms with E-state index < -0.39 is 0 Å². The number of nitrogens with zero attached hydrogens (tertiary/aromatic N) is 1. The molecule has 2 rings (SSSR count). The van der Waals surface area contributed by atoms with Crippen LogP contribution >= 0.6 is 12.4 Å². The number of rotatable bonds is 5. The summed E-state index contributed by atoms with van der Waals surface area (Å²) in [5.74, 6) is 0.322. The Labute approximate surface area is 134 Å². The summed E-state index contributed by atoms with van der Waals surface area (Å²) in [4.78, 5) is 14.1. The van der Waals surface area contributed by atoms with Crippen molar-refractivity contribution in [3.05, 3.63) is 35.4 Å². The smallest absolute Gasteiger partial charge is 0.222 e. The molecule has 1 saturated heterocycles. The van der Waals surface area contributed by atoms with Gasteiger partial charge in [-0.2, -0.15) is 0 Å². The van der Waals surface area contributed by atoms with Crippen LogP contribution in [0.25, 0.3) is 0 Å². The van der Waals surface area contributed by atoms with Gasteiger partial charge in [0.25, 0.3) is 0 Å². The number of aryl methyl sites for hydroxylation is 2. The third-order valence-corrected chi connectivity index (χ3v) is 3.95. The molecule has 1 aromatic rings. The van der Waals surface area contributed by atoms with E-state index in [2.05, 4.69) is 43.4 Å². The molecule has 1 aromatic carbocycles. The molecule has 118 valence electrons. The highest BCUT2D eigenvalue weighted by Crippen LogP contribution is 2.10. The van der Waals surface area contributed by atoms with E-state index in [0.29, 0.717) is 18.4 Å². The van der Waals surface area contributed by atoms with Gasteiger partial charge in [0.1, 0.15) is 0 Å². The molecule has 3 nitrogen and oxygen atoms in total. The number of nitrogens with one attached hydrogen (secondary N) is 1. The second-order valence-electron chi connectivity index (χ2n) is 5.89. The van der Waals surface area contributed by atoms with Crippen LogP contribution in [-0.2, 0) is 11.2 Å². The lowest BCUT2D eigenvalue weighted by molar-refractivity contribution is -0.132. The Morgan fingerprint density at radius 2 is 2.00 bits per heavy atom. The maximum Gasteiger partial charge on any atom is 0.222 e. The van der Waals surface area contributed by atoms with Gasteiger partial charge in [0.15, 0.2) is 0 Å². The maximum absolute atomic E-state index is 12.1. The molecule has 4 heteroatoms. The predicted molar refractivity (Wildman–Crippen MR) is 90.0 cm³/mol. The molecule has 1 atom stereocenters. The predicted octanol–water partition coefficient (Wildman–Crippen LogP) is 2.95. The first-order chi connectivity index (χ1) is 9.65. The van der Waals surface area contributed by atoms with Crippen molar-refractivity contribution in [3.63, 3.8) is 0 Å². The average molecular weight is 311 g/mol. The number of amides is 1. The highest BCUT2D eigenvalue weighted by Gasteiger charge is 2.19. The number of benzene rings is 1.